The van der Waals surface area contributed by atoms with E-state index in [2.05, 4.69) is 38.1 Å². The summed E-state index contributed by atoms with van der Waals surface area (Å²) in [6, 6.07) is 16.2. The van der Waals surface area contributed by atoms with Gasteiger partial charge in [-0.2, -0.15) is 0 Å². The molecule has 0 N–H and O–H groups in total. The van der Waals surface area contributed by atoms with E-state index in [0.717, 1.165) is 24.0 Å². The minimum absolute atomic E-state index is 0.422. The average molecular weight is 429 g/mol. The van der Waals surface area contributed by atoms with Gasteiger partial charge in [-0.1, -0.05) is 83.1 Å². The standard InChI is InChI=1S/C26H36O3S/c1-3-5-7-8-9-10-20-28-26(27)29-24-16-12-22(13-17-24)23-14-18-25(19-15-23)30-21-11-6-4-2/h12-19H,3-11,20-21H2,1-2H3. The summed E-state index contributed by atoms with van der Waals surface area (Å²) in [4.78, 5) is 13.1. The number of carbonyl (C=O) groups is 1. The Kier molecular flexibility index (Phi) is 12.1. The van der Waals surface area contributed by atoms with Crippen molar-refractivity contribution in [2.24, 2.45) is 0 Å². The second-order valence-corrected chi connectivity index (χ2v) is 8.74. The Morgan fingerprint density at radius 3 is 1.97 bits per heavy atom. The fourth-order valence-corrected chi connectivity index (χ4v) is 4.08. The van der Waals surface area contributed by atoms with Gasteiger partial charge in [-0.15, -0.1) is 11.8 Å². The highest BCUT2D eigenvalue weighted by atomic mass is 32.2. The highest BCUT2D eigenvalue weighted by Gasteiger charge is 2.06. The van der Waals surface area contributed by atoms with E-state index in [1.54, 1.807) is 0 Å². The van der Waals surface area contributed by atoms with Crippen LogP contribution >= 0.6 is 11.8 Å². The topological polar surface area (TPSA) is 35.5 Å². The molecule has 0 fully saturated rings. The molecule has 0 bridgehead atoms. The maximum absolute atomic E-state index is 11.8. The van der Waals surface area contributed by atoms with Gasteiger partial charge in [0.05, 0.1) is 6.61 Å². The van der Waals surface area contributed by atoms with Gasteiger partial charge in [0.2, 0.25) is 0 Å². The highest BCUT2D eigenvalue weighted by Crippen LogP contribution is 2.26. The van der Waals surface area contributed by atoms with Crippen LogP contribution in [0.1, 0.15) is 71.6 Å². The molecule has 3 nitrogen and oxygen atoms in total. The maximum atomic E-state index is 11.8. The molecule has 2 aromatic carbocycles. The van der Waals surface area contributed by atoms with Crippen molar-refractivity contribution in [1.29, 1.82) is 0 Å². The van der Waals surface area contributed by atoms with Crippen LogP contribution in [-0.2, 0) is 4.74 Å². The Bertz CT molecular complexity index is 710. The smallest absolute Gasteiger partial charge is 0.434 e. The number of carbonyl (C=O) groups excluding carboxylic acids is 1. The molecule has 0 aliphatic carbocycles. The summed E-state index contributed by atoms with van der Waals surface area (Å²) >= 11 is 1.91. The van der Waals surface area contributed by atoms with E-state index < -0.39 is 6.16 Å². The van der Waals surface area contributed by atoms with Crippen molar-refractivity contribution in [3.05, 3.63) is 48.5 Å². The summed E-state index contributed by atoms with van der Waals surface area (Å²) in [5.41, 5.74) is 2.26. The largest absolute Gasteiger partial charge is 0.513 e. The molecule has 2 rings (SSSR count). The normalized spacial score (nSPS) is 10.7. The summed E-state index contributed by atoms with van der Waals surface area (Å²) in [5, 5.41) is 0. The summed E-state index contributed by atoms with van der Waals surface area (Å²) in [6.07, 6.45) is 10.2. The molecule has 0 saturated carbocycles. The van der Waals surface area contributed by atoms with Crippen LogP contribution in [0.3, 0.4) is 0 Å². The van der Waals surface area contributed by atoms with Crippen LogP contribution in [0.4, 0.5) is 4.79 Å². The van der Waals surface area contributed by atoms with Gasteiger partial charge >= 0.3 is 6.16 Å². The number of hydrogen-bond donors (Lipinski definition) is 0. The van der Waals surface area contributed by atoms with Crippen molar-refractivity contribution in [3.63, 3.8) is 0 Å². The Balaban J connectivity index is 1.72. The molecule has 164 valence electrons. The highest BCUT2D eigenvalue weighted by molar-refractivity contribution is 7.99. The summed E-state index contributed by atoms with van der Waals surface area (Å²) in [5.74, 6) is 1.68. The molecule has 0 aliphatic rings. The Labute approximate surface area is 186 Å². The summed E-state index contributed by atoms with van der Waals surface area (Å²) < 4.78 is 10.4. The fraction of sp³-hybridized carbons (Fsp3) is 0.500. The van der Waals surface area contributed by atoms with Crippen molar-refractivity contribution in [1.82, 2.24) is 0 Å². The Hall–Kier alpha value is -1.94. The summed E-state index contributed by atoms with van der Waals surface area (Å²) in [7, 11) is 0. The third-order valence-electron chi connectivity index (χ3n) is 4.98. The first kappa shape index (κ1) is 24.3. The number of unbranched alkanes of at least 4 members (excludes halogenated alkanes) is 7. The molecule has 0 saturated heterocycles. The zero-order valence-corrected chi connectivity index (χ0v) is 19.3. The van der Waals surface area contributed by atoms with Gasteiger partial charge < -0.3 is 9.47 Å². The first-order chi connectivity index (χ1) is 14.7. The van der Waals surface area contributed by atoms with Gasteiger partial charge in [0.1, 0.15) is 5.75 Å². The molecular weight excluding hydrogens is 392 g/mol. The van der Waals surface area contributed by atoms with Gasteiger partial charge in [-0.3, -0.25) is 0 Å². The van der Waals surface area contributed by atoms with Crippen LogP contribution in [0.25, 0.3) is 11.1 Å². The SMILES string of the molecule is CCCCCCCCOC(=O)Oc1ccc(-c2ccc(SCCCCC)cc2)cc1. The van der Waals surface area contributed by atoms with Gasteiger partial charge in [0.25, 0.3) is 0 Å². The lowest BCUT2D eigenvalue weighted by Crippen LogP contribution is -2.11. The van der Waals surface area contributed by atoms with Crippen LogP contribution in [0, 0.1) is 0 Å². The van der Waals surface area contributed by atoms with Gasteiger partial charge in [-0.25, -0.2) is 4.79 Å². The average Bonchev–Trinajstić information content (AvgIpc) is 2.77. The lowest BCUT2D eigenvalue weighted by Gasteiger charge is -2.08. The third kappa shape index (κ3) is 9.71. The number of hydrogen-bond acceptors (Lipinski definition) is 4. The van der Waals surface area contributed by atoms with E-state index >= 15 is 0 Å². The maximum Gasteiger partial charge on any atom is 0.513 e. The van der Waals surface area contributed by atoms with Crippen LogP contribution in [0.15, 0.2) is 53.4 Å². The number of rotatable bonds is 14. The van der Waals surface area contributed by atoms with E-state index in [-0.39, 0.29) is 0 Å². The number of ether oxygens (including phenoxy) is 2. The minimum Gasteiger partial charge on any atom is -0.434 e. The zero-order valence-electron chi connectivity index (χ0n) is 18.5. The molecule has 0 heterocycles. The van der Waals surface area contributed by atoms with Crippen LogP contribution in [0.2, 0.25) is 0 Å². The van der Waals surface area contributed by atoms with Crippen LogP contribution in [-0.4, -0.2) is 18.5 Å². The fourth-order valence-electron chi connectivity index (χ4n) is 3.16. The Morgan fingerprint density at radius 2 is 1.30 bits per heavy atom. The van der Waals surface area contributed by atoms with Gasteiger partial charge in [-0.05, 0) is 54.0 Å². The van der Waals surface area contributed by atoms with E-state index in [4.69, 9.17) is 9.47 Å². The predicted molar refractivity (Wildman–Crippen MR) is 127 cm³/mol. The van der Waals surface area contributed by atoms with E-state index in [1.165, 1.54) is 55.6 Å². The molecule has 0 amide bonds. The quantitative estimate of drug-likeness (QED) is 0.131. The molecule has 30 heavy (non-hydrogen) atoms. The molecule has 2 aromatic rings. The second kappa shape index (κ2) is 15.0. The molecule has 0 aliphatic heterocycles. The van der Waals surface area contributed by atoms with E-state index in [9.17, 15) is 4.79 Å². The second-order valence-electron chi connectivity index (χ2n) is 7.57. The van der Waals surface area contributed by atoms with Crippen LogP contribution in [0.5, 0.6) is 5.75 Å². The van der Waals surface area contributed by atoms with Crippen molar-refractivity contribution < 1.29 is 14.3 Å². The van der Waals surface area contributed by atoms with Crippen molar-refractivity contribution >= 4 is 17.9 Å². The molecular formula is C26H36O3S. The molecule has 0 spiro atoms. The zero-order chi connectivity index (χ0) is 21.4. The molecule has 0 atom stereocenters. The predicted octanol–water partition coefficient (Wildman–Crippen LogP) is 8.51. The van der Waals surface area contributed by atoms with E-state index in [0.29, 0.717) is 12.4 Å². The Morgan fingerprint density at radius 1 is 0.733 bits per heavy atom. The van der Waals surface area contributed by atoms with Crippen LogP contribution < -0.4 is 4.74 Å². The third-order valence-corrected chi connectivity index (χ3v) is 6.08. The molecule has 4 heteroatoms. The lowest BCUT2D eigenvalue weighted by molar-refractivity contribution is 0.0973. The molecule has 0 radical (unpaired) electrons. The lowest BCUT2D eigenvalue weighted by atomic mass is 10.1. The first-order valence-corrected chi connectivity index (χ1v) is 12.4. The summed E-state index contributed by atoms with van der Waals surface area (Å²) in [6.45, 7) is 4.86. The minimum atomic E-state index is -0.624. The van der Waals surface area contributed by atoms with Gasteiger partial charge in [0.15, 0.2) is 0 Å². The van der Waals surface area contributed by atoms with Crippen molar-refractivity contribution in [3.8, 4) is 16.9 Å². The first-order valence-electron chi connectivity index (χ1n) is 11.4. The van der Waals surface area contributed by atoms with Crippen molar-refractivity contribution in [2.45, 2.75) is 76.5 Å². The van der Waals surface area contributed by atoms with E-state index in [1.807, 2.05) is 36.0 Å². The monoisotopic (exact) mass is 428 g/mol. The number of thioether (sulfide) groups is 1. The van der Waals surface area contributed by atoms with Gasteiger partial charge in [0, 0.05) is 4.90 Å². The van der Waals surface area contributed by atoms with Crippen molar-refractivity contribution in [2.75, 3.05) is 12.4 Å². The number of benzene rings is 2. The molecule has 0 unspecified atom stereocenters. The molecule has 0 aromatic heterocycles.